The summed E-state index contributed by atoms with van der Waals surface area (Å²) in [7, 11) is 0. The lowest BCUT2D eigenvalue weighted by Gasteiger charge is -2.49. The minimum absolute atomic E-state index is 0.142. The van der Waals surface area contributed by atoms with Crippen molar-refractivity contribution in [1.29, 1.82) is 0 Å². The number of allylic oxidation sites excluding steroid dienone is 3. The van der Waals surface area contributed by atoms with Crippen molar-refractivity contribution in [2.45, 2.75) is 50.5 Å². The summed E-state index contributed by atoms with van der Waals surface area (Å²) >= 11 is 0. The van der Waals surface area contributed by atoms with Crippen LogP contribution in [0.25, 0.3) is 0 Å². The van der Waals surface area contributed by atoms with Gasteiger partial charge in [0, 0.05) is 11.5 Å². The van der Waals surface area contributed by atoms with Gasteiger partial charge in [0.15, 0.2) is 11.6 Å². The van der Waals surface area contributed by atoms with Crippen LogP contribution >= 0.6 is 0 Å². The van der Waals surface area contributed by atoms with Crippen LogP contribution in [0.15, 0.2) is 35.4 Å². The van der Waals surface area contributed by atoms with E-state index < -0.39 is 76.9 Å². The number of hydrogen-bond donors (Lipinski definition) is 7. The zero-order chi connectivity index (χ0) is 24.0. The fourth-order valence-electron chi connectivity index (χ4n) is 4.08. The molecule has 1 aliphatic carbocycles. The van der Waals surface area contributed by atoms with Crippen LogP contribution in [-0.2, 0) is 4.74 Å². The number of carbonyl (C=O) groups is 2. The molecule has 174 valence electrons. The number of ether oxygens (including phenoxy) is 1. The minimum atomic E-state index is -2.69. The molecular formula is C22H26O10. The fraction of sp³-hybridized carbons (Fsp3) is 0.455. The molecule has 1 saturated heterocycles. The lowest BCUT2D eigenvalue weighted by atomic mass is 9.74. The maximum atomic E-state index is 13.3. The number of aliphatic hydroxyl groups excluding tert-OH is 4. The maximum absolute atomic E-state index is 13.3. The van der Waals surface area contributed by atoms with Crippen molar-refractivity contribution in [3.05, 3.63) is 46.6 Å². The molecule has 0 bridgehead atoms. The predicted molar refractivity (Wildman–Crippen MR) is 109 cm³/mol. The molecule has 1 aromatic rings. The van der Waals surface area contributed by atoms with Gasteiger partial charge >= 0.3 is 0 Å². The van der Waals surface area contributed by atoms with E-state index in [9.17, 15) is 45.3 Å². The van der Waals surface area contributed by atoms with E-state index in [1.54, 1.807) is 19.9 Å². The molecule has 0 amide bonds. The summed E-state index contributed by atoms with van der Waals surface area (Å²) in [6.45, 7) is 2.65. The molecule has 1 heterocycles. The second kappa shape index (κ2) is 8.74. The fourth-order valence-corrected chi connectivity index (χ4v) is 4.08. The van der Waals surface area contributed by atoms with Gasteiger partial charge in [-0.2, -0.15) is 0 Å². The van der Waals surface area contributed by atoms with Gasteiger partial charge in [0.2, 0.25) is 5.79 Å². The number of benzene rings is 1. The van der Waals surface area contributed by atoms with Crippen molar-refractivity contribution in [3.8, 4) is 11.5 Å². The topological polar surface area (TPSA) is 185 Å². The molecule has 0 aromatic heterocycles. The van der Waals surface area contributed by atoms with Crippen LogP contribution in [-0.4, -0.2) is 84.1 Å². The Morgan fingerprint density at radius 1 is 1.09 bits per heavy atom. The molecule has 1 unspecified atom stereocenters. The number of Topliss-reactive ketones (excluding diaryl/α,β-unsaturated/α-hetero) is 1. The monoisotopic (exact) mass is 450 g/mol. The van der Waals surface area contributed by atoms with Gasteiger partial charge in [0.05, 0.1) is 17.7 Å². The van der Waals surface area contributed by atoms with E-state index in [-0.39, 0.29) is 12.0 Å². The third kappa shape index (κ3) is 3.85. The Kier molecular flexibility index (Phi) is 6.57. The molecule has 0 radical (unpaired) electrons. The molecule has 1 fully saturated rings. The molecule has 3 rings (SSSR count). The molecule has 10 heteroatoms. The van der Waals surface area contributed by atoms with Gasteiger partial charge in [-0.05, 0) is 38.5 Å². The molecular weight excluding hydrogens is 424 g/mol. The Morgan fingerprint density at radius 2 is 1.69 bits per heavy atom. The highest BCUT2D eigenvalue weighted by Crippen LogP contribution is 2.44. The first kappa shape index (κ1) is 24.1. The zero-order valence-corrected chi connectivity index (χ0v) is 17.5. The average molecular weight is 450 g/mol. The van der Waals surface area contributed by atoms with Crippen molar-refractivity contribution in [1.82, 2.24) is 0 Å². The highest BCUT2D eigenvalue weighted by molar-refractivity contribution is 6.26. The van der Waals surface area contributed by atoms with E-state index in [0.717, 1.165) is 23.8 Å². The minimum Gasteiger partial charge on any atom is -0.507 e. The molecule has 0 saturated carbocycles. The number of rotatable bonds is 5. The molecule has 10 nitrogen and oxygen atoms in total. The Hall–Kier alpha value is -2.60. The van der Waals surface area contributed by atoms with Gasteiger partial charge in [-0.15, -0.1) is 0 Å². The largest absolute Gasteiger partial charge is 0.507 e. The number of phenolic OH excluding ortho intramolecular Hbond substituents is 2. The van der Waals surface area contributed by atoms with Crippen molar-refractivity contribution in [2.75, 3.05) is 6.61 Å². The molecule has 6 atom stereocenters. The number of carbonyl (C=O) groups excluding carboxylic acids is 2. The van der Waals surface area contributed by atoms with Crippen LogP contribution in [0, 0.1) is 5.92 Å². The lowest BCUT2D eigenvalue weighted by molar-refractivity contribution is -0.363. The summed E-state index contributed by atoms with van der Waals surface area (Å²) < 4.78 is 5.39. The first-order valence-corrected chi connectivity index (χ1v) is 9.98. The normalized spacial score (nSPS) is 31.0. The third-order valence-corrected chi connectivity index (χ3v) is 5.82. The molecule has 2 aliphatic rings. The Balaban J connectivity index is 2.17. The van der Waals surface area contributed by atoms with Gasteiger partial charge in [-0.25, -0.2) is 0 Å². The van der Waals surface area contributed by atoms with E-state index in [2.05, 4.69) is 0 Å². The summed E-state index contributed by atoms with van der Waals surface area (Å²) in [4.78, 5) is 26.0. The Labute approximate surface area is 183 Å². The summed E-state index contributed by atoms with van der Waals surface area (Å²) in [6, 6.07) is 2.10. The quantitative estimate of drug-likeness (QED) is 0.229. The van der Waals surface area contributed by atoms with Crippen LogP contribution in [0.5, 0.6) is 11.5 Å². The zero-order valence-electron chi connectivity index (χ0n) is 17.5. The molecule has 1 aromatic carbocycles. The maximum Gasteiger partial charge on any atom is 0.202 e. The van der Waals surface area contributed by atoms with E-state index in [0.29, 0.717) is 0 Å². The first-order valence-electron chi connectivity index (χ1n) is 9.98. The number of aromatic hydroxyl groups is 2. The second-order valence-corrected chi connectivity index (χ2v) is 8.23. The summed E-state index contributed by atoms with van der Waals surface area (Å²) in [6.07, 6.45) is -4.94. The van der Waals surface area contributed by atoms with E-state index >= 15 is 0 Å². The van der Waals surface area contributed by atoms with Crippen LogP contribution in [0.1, 0.15) is 41.0 Å². The van der Waals surface area contributed by atoms with Crippen molar-refractivity contribution in [2.24, 2.45) is 5.92 Å². The van der Waals surface area contributed by atoms with E-state index in [1.807, 2.05) is 0 Å². The van der Waals surface area contributed by atoms with Gasteiger partial charge in [-0.3, -0.25) is 9.59 Å². The number of aliphatic hydroxyl groups is 5. The van der Waals surface area contributed by atoms with Crippen LogP contribution in [0.2, 0.25) is 0 Å². The highest BCUT2D eigenvalue weighted by Gasteiger charge is 2.58. The molecule has 7 N–H and O–H groups in total. The molecule has 0 spiro atoms. The standard InChI is InChI=1S/C22H26O10/c1-9(2)3-4-11(22(31)21(30)20(29)19(28)15(8-23)32-22)10-7-14(26)16-12(24)5-6-13(25)17(16)18(10)27/h3,5-7,11,15,19-21,23-25,28-31H,4,8H2,1-2H3/t11?,15-,19-,20+,21-,22-/m1/s1. The van der Waals surface area contributed by atoms with Gasteiger partial charge in [0.25, 0.3) is 0 Å². The van der Waals surface area contributed by atoms with E-state index in [4.69, 9.17) is 4.74 Å². The number of hydrogen-bond acceptors (Lipinski definition) is 10. The van der Waals surface area contributed by atoms with Gasteiger partial charge < -0.3 is 40.5 Å². The van der Waals surface area contributed by atoms with Crippen molar-refractivity contribution >= 4 is 11.6 Å². The van der Waals surface area contributed by atoms with Crippen molar-refractivity contribution < 1.29 is 50.1 Å². The van der Waals surface area contributed by atoms with Crippen LogP contribution < -0.4 is 0 Å². The summed E-state index contributed by atoms with van der Waals surface area (Å²) in [5.74, 6) is -6.94. The Bertz CT molecular complexity index is 991. The van der Waals surface area contributed by atoms with Crippen LogP contribution in [0.3, 0.4) is 0 Å². The number of ketones is 2. The first-order chi connectivity index (χ1) is 14.9. The molecule has 1 aliphatic heterocycles. The number of phenols is 2. The Morgan fingerprint density at radius 3 is 2.25 bits per heavy atom. The molecule has 32 heavy (non-hydrogen) atoms. The highest BCUT2D eigenvalue weighted by atomic mass is 16.7. The predicted octanol–water partition coefficient (Wildman–Crippen LogP) is -0.462. The summed E-state index contributed by atoms with van der Waals surface area (Å²) in [5.41, 5.74) is -0.453. The van der Waals surface area contributed by atoms with Gasteiger partial charge in [0.1, 0.15) is 35.9 Å². The smallest absolute Gasteiger partial charge is 0.202 e. The number of fused-ring (bicyclic) bond motifs is 1. The SMILES string of the molecule is CC(C)=CCC(C1=CC(=O)c2c(O)ccc(O)c2C1=O)[C@@]1(O)O[C@H](CO)[C@@H](O)[C@H](O)[C@H]1O. The lowest BCUT2D eigenvalue weighted by Crippen LogP contribution is -2.68. The van der Waals surface area contributed by atoms with Gasteiger partial charge in [-0.1, -0.05) is 11.6 Å². The third-order valence-electron chi connectivity index (χ3n) is 5.82. The second-order valence-electron chi connectivity index (χ2n) is 8.23. The van der Waals surface area contributed by atoms with E-state index in [1.165, 1.54) is 0 Å². The van der Waals surface area contributed by atoms with Crippen LogP contribution in [0.4, 0.5) is 0 Å². The van der Waals surface area contributed by atoms with Crippen molar-refractivity contribution in [3.63, 3.8) is 0 Å². The average Bonchev–Trinajstić information content (AvgIpc) is 2.74. The summed E-state index contributed by atoms with van der Waals surface area (Å²) in [5, 5.41) is 71.9.